The Morgan fingerprint density at radius 2 is 1.83 bits per heavy atom. The van der Waals surface area contributed by atoms with Gasteiger partial charge in [0.15, 0.2) is 10.9 Å². The fraction of sp³-hybridized carbons (Fsp3) is 0.0556. The maximum Gasteiger partial charge on any atom is 0.188 e. The summed E-state index contributed by atoms with van der Waals surface area (Å²) >= 11 is 4.59. The molecule has 0 aliphatic heterocycles. The number of halogens is 2. The zero-order valence-electron chi connectivity index (χ0n) is 12.4. The molecule has 0 fully saturated rings. The molecule has 0 spiro atoms. The van der Waals surface area contributed by atoms with Gasteiger partial charge in [-0.2, -0.15) is 0 Å². The molecule has 0 atom stereocenters. The van der Waals surface area contributed by atoms with E-state index < -0.39 is 5.82 Å². The predicted octanol–water partition coefficient (Wildman–Crippen LogP) is 5.02. The summed E-state index contributed by atoms with van der Waals surface area (Å²) in [4.78, 5) is 20.7. The second-order valence-corrected chi connectivity index (χ2v) is 6.78. The number of rotatable bonds is 5. The van der Waals surface area contributed by atoms with Gasteiger partial charge in [0.05, 0.1) is 17.0 Å². The highest BCUT2D eigenvalue weighted by Crippen LogP contribution is 2.22. The summed E-state index contributed by atoms with van der Waals surface area (Å²) in [5.74, 6) is -0.701. The maximum absolute atomic E-state index is 13.6. The number of ketones is 1. The van der Waals surface area contributed by atoms with Gasteiger partial charge >= 0.3 is 0 Å². The Balaban J connectivity index is 1.72. The first kappa shape index (κ1) is 16.8. The first-order valence-electron chi connectivity index (χ1n) is 7.13. The van der Waals surface area contributed by atoms with Crippen molar-refractivity contribution in [3.63, 3.8) is 0 Å². The Morgan fingerprint density at radius 1 is 1.08 bits per heavy atom. The van der Waals surface area contributed by atoms with Crippen molar-refractivity contribution in [3.05, 3.63) is 76.6 Å². The lowest BCUT2D eigenvalue weighted by Crippen LogP contribution is -2.05. The number of hydrogen-bond donors (Lipinski definition) is 0. The van der Waals surface area contributed by atoms with Gasteiger partial charge in [0.1, 0.15) is 5.82 Å². The molecule has 1 aromatic heterocycles. The first-order chi connectivity index (χ1) is 11.6. The average molecular weight is 403 g/mol. The molecule has 0 aliphatic rings. The topological polar surface area (TPSA) is 42.9 Å². The molecule has 3 nitrogen and oxygen atoms in total. The van der Waals surface area contributed by atoms with Gasteiger partial charge in [-0.1, -0.05) is 52.0 Å². The monoisotopic (exact) mass is 402 g/mol. The van der Waals surface area contributed by atoms with Gasteiger partial charge in [0.2, 0.25) is 0 Å². The van der Waals surface area contributed by atoms with E-state index in [2.05, 4.69) is 25.9 Å². The van der Waals surface area contributed by atoms with Crippen molar-refractivity contribution in [2.75, 3.05) is 5.75 Å². The number of thioether (sulfide) groups is 1. The van der Waals surface area contributed by atoms with E-state index in [1.54, 1.807) is 18.3 Å². The molecule has 0 saturated carbocycles. The summed E-state index contributed by atoms with van der Waals surface area (Å²) in [6, 6.07) is 15.6. The molecule has 0 bridgehead atoms. The van der Waals surface area contributed by atoms with Crippen LogP contribution in [-0.2, 0) is 0 Å². The molecule has 0 radical (unpaired) electrons. The number of Topliss-reactive ketones (excluding diaryl/α,β-unsaturated/α-hetero) is 1. The zero-order valence-corrected chi connectivity index (χ0v) is 14.8. The molecular formula is C18H12BrFN2OS. The van der Waals surface area contributed by atoms with Gasteiger partial charge in [-0.3, -0.25) is 4.79 Å². The van der Waals surface area contributed by atoms with E-state index >= 15 is 0 Å². The molecule has 3 rings (SSSR count). The Morgan fingerprint density at radius 3 is 2.58 bits per heavy atom. The summed E-state index contributed by atoms with van der Waals surface area (Å²) < 4.78 is 14.6. The van der Waals surface area contributed by atoms with Crippen LogP contribution in [0.1, 0.15) is 10.4 Å². The van der Waals surface area contributed by atoms with E-state index in [1.165, 1.54) is 23.9 Å². The van der Waals surface area contributed by atoms with Crippen LogP contribution in [0.25, 0.3) is 11.3 Å². The van der Waals surface area contributed by atoms with Crippen LogP contribution in [0.15, 0.2) is 70.4 Å². The maximum atomic E-state index is 13.6. The Hall–Kier alpha value is -2.05. The summed E-state index contributed by atoms with van der Waals surface area (Å²) in [7, 11) is 0. The lowest BCUT2D eigenvalue weighted by atomic mass is 10.1. The number of nitrogens with zero attached hydrogens (tertiary/aromatic N) is 2. The van der Waals surface area contributed by atoms with Crippen molar-refractivity contribution in [2.45, 2.75) is 5.16 Å². The summed E-state index contributed by atoms with van der Waals surface area (Å²) in [6.45, 7) is 0. The minimum Gasteiger partial charge on any atom is -0.293 e. The van der Waals surface area contributed by atoms with Gasteiger partial charge < -0.3 is 0 Å². The third-order valence-corrected chi connectivity index (χ3v) is 4.67. The lowest BCUT2D eigenvalue weighted by Gasteiger charge is -2.04. The predicted molar refractivity (Wildman–Crippen MR) is 96.6 cm³/mol. The summed E-state index contributed by atoms with van der Waals surface area (Å²) in [5, 5.41) is 0.486. The van der Waals surface area contributed by atoms with Crippen molar-refractivity contribution >= 4 is 33.5 Å². The quantitative estimate of drug-likeness (QED) is 0.341. The molecule has 24 heavy (non-hydrogen) atoms. The smallest absolute Gasteiger partial charge is 0.188 e. The molecule has 6 heteroatoms. The second-order valence-electron chi connectivity index (χ2n) is 4.92. The van der Waals surface area contributed by atoms with Gasteiger partial charge in [-0.15, -0.1) is 0 Å². The molecule has 0 unspecified atom stereocenters. The van der Waals surface area contributed by atoms with Gasteiger partial charge in [-0.25, -0.2) is 14.4 Å². The lowest BCUT2D eigenvalue weighted by molar-refractivity contribution is 0.101. The van der Waals surface area contributed by atoms with E-state index in [0.29, 0.717) is 5.16 Å². The molecule has 0 amide bonds. The number of hydrogen-bond acceptors (Lipinski definition) is 4. The Labute approximate surface area is 151 Å². The minimum absolute atomic E-state index is 0.0880. The van der Waals surface area contributed by atoms with Crippen LogP contribution in [0.4, 0.5) is 4.39 Å². The van der Waals surface area contributed by atoms with Crippen molar-refractivity contribution in [3.8, 4) is 11.3 Å². The second kappa shape index (κ2) is 7.68. The third kappa shape index (κ3) is 4.07. The number of carbonyl (C=O) groups is 1. The molecule has 2 aromatic carbocycles. The normalized spacial score (nSPS) is 10.6. The number of aromatic nitrogens is 2. The fourth-order valence-corrected chi connectivity index (χ4v) is 3.07. The van der Waals surface area contributed by atoms with Gasteiger partial charge in [0, 0.05) is 16.2 Å². The van der Waals surface area contributed by atoms with Crippen LogP contribution in [0.3, 0.4) is 0 Å². The molecule has 120 valence electrons. The minimum atomic E-state index is -0.507. The first-order valence-corrected chi connectivity index (χ1v) is 8.91. The highest BCUT2D eigenvalue weighted by molar-refractivity contribution is 9.10. The standard InChI is InChI=1S/C18H12BrFN2OS/c19-13-7-5-12(6-8-13)16-9-10-21-18(22-16)24-11-17(23)14-3-1-2-4-15(14)20/h1-10H,11H2. The Kier molecular flexibility index (Phi) is 5.37. The van der Waals surface area contributed by atoms with E-state index in [4.69, 9.17) is 0 Å². The molecule has 0 saturated heterocycles. The van der Waals surface area contributed by atoms with Crippen LogP contribution in [0, 0.1) is 5.82 Å². The van der Waals surface area contributed by atoms with Crippen molar-refractivity contribution in [1.29, 1.82) is 0 Å². The molecule has 0 aliphatic carbocycles. The van der Waals surface area contributed by atoms with Gasteiger partial charge in [0.25, 0.3) is 0 Å². The molecule has 1 heterocycles. The SMILES string of the molecule is O=C(CSc1nccc(-c2ccc(Br)cc2)n1)c1ccccc1F. The fourth-order valence-electron chi connectivity index (χ4n) is 2.09. The number of benzene rings is 2. The van der Waals surface area contributed by atoms with Crippen molar-refractivity contribution in [1.82, 2.24) is 9.97 Å². The largest absolute Gasteiger partial charge is 0.293 e. The molecule has 0 N–H and O–H groups in total. The van der Waals surface area contributed by atoms with E-state index in [0.717, 1.165) is 15.7 Å². The van der Waals surface area contributed by atoms with Crippen LogP contribution in [0.2, 0.25) is 0 Å². The summed E-state index contributed by atoms with van der Waals surface area (Å²) in [5.41, 5.74) is 1.83. The zero-order chi connectivity index (χ0) is 16.9. The third-order valence-electron chi connectivity index (χ3n) is 3.28. The van der Waals surface area contributed by atoms with Crippen LogP contribution in [0.5, 0.6) is 0 Å². The van der Waals surface area contributed by atoms with Crippen LogP contribution >= 0.6 is 27.7 Å². The summed E-state index contributed by atoms with van der Waals surface area (Å²) in [6.07, 6.45) is 1.65. The average Bonchev–Trinajstić information content (AvgIpc) is 2.61. The van der Waals surface area contributed by atoms with Gasteiger partial charge in [-0.05, 0) is 30.3 Å². The highest BCUT2D eigenvalue weighted by atomic mass is 79.9. The van der Waals surface area contributed by atoms with Crippen LogP contribution in [-0.4, -0.2) is 21.5 Å². The van der Waals surface area contributed by atoms with Crippen molar-refractivity contribution < 1.29 is 9.18 Å². The van der Waals surface area contributed by atoms with E-state index in [9.17, 15) is 9.18 Å². The van der Waals surface area contributed by atoms with Crippen LogP contribution < -0.4 is 0 Å². The molecule has 3 aromatic rings. The van der Waals surface area contributed by atoms with E-state index in [1.807, 2.05) is 30.3 Å². The Bertz CT molecular complexity index is 871. The molecular weight excluding hydrogens is 391 g/mol. The number of carbonyl (C=O) groups excluding carboxylic acids is 1. The van der Waals surface area contributed by atoms with Crippen molar-refractivity contribution in [2.24, 2.45) is 0 Å². The van der Waals surface area contributed by atoms with E-state index in [-0.39, 0.29) is 17.1 Å². The highest BCUT2D eigenvalue weighted by Gasteiger charge is 2.12.